The zero-order valence-electron chi connectivity index (χ0n) is 36.3. The minimum Gasteiger partial charge on any atom is -0.310 e. The van der Waals surface area contributed by atoms with E-state index >= 15 is 0 Å². The maximum absolute atomic E-state index is 2.53. The molecule has 11 aromatic rings. The van der Waals surface area contributed by atoms with Gasteiger partial charge in [-0.3, -0.25) is 0 Å². The minimum atomic E-state index is -0.558. The highest BCUT2D eigenvalue weighted by atomic mass is 15.1. The van der Waals surface area contributed by atoms with Crippen LogP contribution in [-0.4, -0.2) is 0 Å². The summed E-state index contributed by atoms with van der Waals surface area (Å²) in [4.78, 5) is 4.76. The van der Waals surface area contributed by atoms with Gasteiger partial charge in [0.15, 0.2) is 0 Å². The predicted octanol–water partition coefficient (Wildman–Crippen LogP) is 17.0. The smallest absolute Gasteiger partial charge is 0.0731 e. The molecule has 0 bridgehead atoms. The summed E-state index contributed by atoms with van der Waals surface area (Å²) in [5.41, 5.74) is 19.4. The van der Waals surface area contributed by atoms with Crippen molar-refractivity contribution in [2.45, 2.75) is 19.3 Å². The monoisotopic (exact) mass is 828 g/mol. The second-order valence-corrected chi connectivity index (χ2v) is 17.8. The molecular weight excluding hydrogens is 785 g/mol. The lowest BCUT2D eigenvalue weighted by atomic mass is 9.69. The second-order valence-electron chi connectivity index (χ2n) is 17.8. The Labute approximate surface area is 379 Å². The lowest BCUT2D eigenvalue weighted by molar-refractivity contribution is 0.803. The van der Waals surface area contributed by atoms with Gasteiger partial charge in [-0.15, -0.1) is 0 Å². The average Bonchev–Trinajstić information content (AvgIpc) is 3.82. The number of fused-ring (bicyclic) bond motifs is 15. The highest BCUT2D eigenvalue weighted by molar-refractivity contribution is 6.11. The van der Waals surface area contributed by atoms with Gasteiger partial charge < -0.3 is 9.80 Å². The van der Waals surface area contributed by atoms with Crippen LogP contribution in [0.4, 0.5) is 34.1 Å². The summed E-state index contributed by atoms with van der Waals surface area (Å²) in [5, 5.41) is 7.49. The lowest BCUT2D eigenvalue weighted by Gasteiger charge is -2.32. The lowest BCUT2D eigenvalue weighted by Crippen LogP contribution is -2.26. The quantitative estimate of drug-likeness (QED) is 0.165. The standard InChI is InChI=1S/C63H44N2/c1-41-21-28-49(29-22-41)64(47-14-5-3-6-15-47)51-32-25-44-39-57-55-34-26-45-37-52(65(48-16-7-4-8-17-48)50-30-23-42(2)24-31-50)33-35-54(45)62(55)63(60(57)40-46(44)38-51)58-20-12-11-19-56(58)61-53-18-10-9-13-43(53)27-36-59(61)63/h3-40H,1-2H3. The average molecular weight is 829 g/mol. The van der Waals surface area contributed by atoms with Crippen molar-refractivity contribution in [3.05, 3.63) is 264 Å². The predicted molar refractivity (Wildman–Crippen MR) is 274 cm³/mol. The molecule has 0 aromatic heterocycles. The number of benzene rings is 11. The van der Waals surface area contributed by atoms with E-state index in [0.29, 0.717) is 0 Å². The number of hydrogen-bond acceptors (Lipinski definition) is 2. The molecule has 1 unspecified atom stereocenters. The summed E-state index contributed by atoms with van der Waals surface area (Å²) >= 11 is 0. The van der Waals surface area contributed by atoms with Gasteiger partial charge in [0.25, 0.3) is 0 Å². The van der Waals surface area contributed by atoms with Gasteiger partial charge >= 0.3 is 0 Å². The third kappa shape index (κ3) is 5.60. The zero-order valence-corrected chi connectivity index (χ0v) is 36.3. The van der Waals surface area contributed by atoms with E-state index in [1.54, 1.807) is 0 Å². The third-order valence-corrected chi connectivity index (χ3v) is 14.1. The largest absolute Gasteiger partial charge is 0.310 e. The summed E-state index contributed by atoms with van der Waals surface area (Å²) in [6, 6.07) is 86.0. The summed E-state index contributed by atoms with van der Waals surface area (Å²) in [6.07, 6.45) is 0. The molecule has 2 aliphatic carbocycles. The van der Waals surface area contributed by atoms with E-state index < -0.39 is 5.41 Å². The van der Waals surface area contributed by atoms with Crippen LogP contribution in [0.25, 0.3) is 54.6 Å². The summed E-state index contributed by atoms with van der Waals surface area (Å²) in [5.74, 6) is 0. The maximum Gasteiger partial charge on any atom is 0.0731 e. The van der Waals surface area contributed by atoms with E-state index in [0.717, 1.165) is 34.1 Å². The molecule has 1 atom stereocenters. The first-order valence-corrected chi connectivity index (χ1v) is 22.7. The van der Waals surface area contributed by atoms with Gasteiger partial charge in [-0.25, -0.2) is 0 Å². The van der Waals surface area contributed by atoms with Gasteiger partial charge in [0, 0.05) is 34.1 Å². The van der Waals surface area contributed by atoms with Crippen LogP contribution in [0.3, 0.4) is 0 Å². The molecule has 0 aliphatic heterocycles. The highest BCUT2D eigenvalue weighted by Crippen LogP contribution is 2.65. The number of para-hydroxylation sites is 2. The van der Waals surface area contributed by atoms with Gasteiger partial charge in [-0.05, 0) is 176 Å². The number of aryl methyl sites for hydroxylation is 2. The number of anilines is 6. The second kappa shape index (κ2) is 14.4. The topological polar surface area (TPSA) is 6.48 Å². The Morgan fingerprint density at radius 2 is 0.831 bits per heavy atom. The Hall–Kier alpha value is -8.20. The Balaban J connectivity index is 1.08. The Morgan fingerprint density at radius 3 is 1.52 bits per heavy atom. The van der Waals surface area contributed by atoms with E-state index in [2.05, 4.69) is 254 Å². The van der Waals surface area contributed by atoms with E-state index in [4.69, 9.17) is 0 Å². The molecule has 65 heavy (non-hydrogen) atoms. The van der Waals surface area contributed by atoms with Gasteiger partial charge in [-0.2, -0.15) is 0 Å². The number of hydrogen-bond donors (Lipinski definition) is 0. The first-order chi connectivity index (χ1) is 32.0. The molecule has 13 rings (SSSR count). The fourth-order valence-electron chi connectivity index (χ4n) is 11.2. The van der Waals surface area contributed by atoms with Crippen LogP contribution in [0.15, 0.2) is 231 Å². The van der Waals surface area contributed by atoms with Crippen molar-refractivity contribution in [1.82, 2.24) is 0 Å². The van der Waals surface area contributed by atoms with Crippen molar-refractivity contribution in [3.8, 4) is 22.3 Å². The Bertz CT molecular complexity index is 3670. The fraction of sp³-hybridized carbons (Fsp3) is 0.0476. The SMILES string of the molecule is Cc1ccc(N(c2ccccc2)c2ccc3cc4c(cc3c2)C2(c3ccccc3-c3c2ccc2ccccc32)c2c-4ccc3cc(N(c4ccccc4)c4ccc(C)cc4)ccc23)cc1. The van der Waals surface area contributed by atoms with Crippen LogP contribution in [0.1, 0.15) is 33.4 Å². The van der Waals surface area contributed by atoms with Crippen molar-refractivity contribution in [2.75, 3.05) is 9.80 Å². The van der Waals surface area contributed by atoms with Crippen molar-refractivity contribution in [1.29, 1.82) is 0 Å². The third-order valence-electron chi connectivity index (χ3n) is 14.1. The molecule has 11 aromatic carbocycles. The van der Waals surface area contributed by atoms with Crippen molar-refractivity contribution in [2.24, 2.45) is 0 Å². The maximum atomic E-state index is 2.53. The summed E-state index contributed by atoms with van der Waals surface area (Å²) < 4.78 is 0. The van der Waals surface area contributed by atoms with Crippen molar-refractivity contribution in [3.63, 3.8) is 0 Å². The molecule has 0 saturated carbocycles. The van der Waals surface area contributed by atoms with E-state index in [1.165, 1.54) is 88.0 Å². The van der Waals surface area contributed by atoms with Crippen molar-refractivity contribution >= 4 is 66.4 Å². The van der Waals surface area contributed by atoms with E-state index in [1.807, 2.05) is 0 Å². The highest BCUT2D eigenvalue weighted by Gasteiger charge is 2.53. The zero-order chi connectivity index (χ0) is 43.2. The molecule has 2 aliphatic rings. The van der Waals surface area contributed by atoms with Crippen molar-refractivity contribution < 1.29 is 0 Å². The van der Waals surface area contributed by atoms with Crippen LogP contribution in [0.2, 0.25) is 0 Å². The molecule has 0 radical (unpaired) electrons. The molecule has 0 heterocycles. The van der Waals surface area contributed by atoms with Gasteiger partial charge in [0.1, 0.15) is 0 Å². The summed E-state index contributed by atoms with van der Waals surface area (Å²) in [7, 11) is 0. The molecule has 2 heteroatoms. The van der Waals surface area contributed by atoms with Gasteiger partial charge in [0.05, 0.1) is 5.41 Å². The first kappa shape index (κ1) is 37.4. The molecule has 306 valence electrons. The normalized spacial score (nSPS) is 14.4. The molecule has 2 nitrogen and oxygen atoms in total. The Kier molecular flexibility index (Phi) is 8.29. The van der Waals surface area contributed by atoms with Gasteiger partial charge in [-0.1, -0.05) is 157 Å². The molecule has 1 spiro atoms. The van der Waals surface area contributed by atoms with E-state index in [-0.39, 0.29) is 0 Å². The molecule has 0 N–H and O–H groups in total. The molecule has 0 fully saturated rings. The van der Waals surface area contributed by atoms with Crippen LogP contribution in [0.5, 0.6) is 0 Å². The molecule has 0 amide bonds. The van der Waals surface area contributed by atoms with Crippen LogP contribution >= 0.6 is 0 Å². The fourth-order valence-corrected chi connectivity index (χ4v) is 11.2. The minimum absolute atomic E-state index is 0.558. The summed E-state index contributed by atoms with van der Waals surface area (Å²) in [6.45, 7) is 4.30. The molecular formula is C63H44N2. The number of nitrogens with zero attached hydrogens (tertiary/aromatic N) is 2. The van der Waals surface area contributed by atoms with Gasteiger partial charge in [0.2, 0.25) is 0 Å². The first-order valence-electron chi connectivity index (χ1n) is 22.7. The van der Waals surface area contributed by atoms with Crippen LogP contribution in [0, 0.1) is 13.8 Å². The molecule has 0 saturated heterocycles. The Morgan fingerprint density at radius 1 is 0.292 bits per heavy atom. The van der Waals surface area contributed by atoms with Crippen LogP contribution in [-0.2, 0) is 5.41 Å². The number of rotatable bonds is 6. The van der Waals surface area contributed by atoms with E-state index in [9.17, 15) is 0 Å². The van der Waals surface area contributed by atoms with Crippen LogP contribution < -0.4 is 9.80 Å².